The van der Waals surface area contributed by atoms with Crippen LogP contribution in [0.1, 0.15) is 25.4 Å². The third kappa shape index (κ3) is 4.23. The molecule has 1 heterocycles. The van der Waals surface area contributed by atoms with Gasteiger partial charge in [0.1, 0.15) is 11.5 Å². The van der Waals surface area contributed by atoms with Gasteiger partial charge < -0.3 is 14.5 Å². The molecule has 1 aromatic heterocycles. The Morgan fingerprint density at radius 2 is 2.18 bits per heavy atom. The predicted molar refractivity (Wildman–Crippen MR) is 65.8 cm³/mol. The molecule has 0 aliphatic rings. The van der Waals surface area contributed by atoms with Crippen molar-refractivity contribution in [1.29, 1.82) is 0 Å². The summed E-state index contributed by atoms with van der Waals surface area (Å²) in [4.78, 5) is 11.4. The van der Waals surface area contributed by atoms with Gasteiger partial charge in [0.2, 0.25) is 0 Å². The maximum atomic E-state index is 11.4. The number of carbonyl (C=O) groups is 1. The first-order valence-corrected chi connectivity index (χ1v) is 5.80. The Morgan fingerprint density at radius 1 is 1.47 bits per heavy atom. The SMILES string of the molecule is COC(=O)C(C)(C)CNCCc1ccc(C)o1. The lowest BCUT2D eigenvalue weighted by Gasteiger charge is -2.21. The average Bonchev–Trinajstić information content (AvgIpc) is 2.69. The monoisotopic (exact) mass is 239 g/mol. The third-order valence-corrected chi connectivity index (χ3v) is 2.65. The zero-order valence-corrected chi connectivity index (χ0v) is 11.0. The average molecular weight is 239 g/mol. The maximum Gasteiger partial charge on any atom is 0.312 e. The van der Waals surface area contributed by atoms with E-state index < -0.39 is 5.41 Å². The Hall–Kier alpha value is -1.29. The van der Waals surface area contributed by atoms with Gasteiger partial charge in [-0.25, -0.2) is 0 Å². The third-order valence-electron chi connectivity index (χ3n) is 2.65. The molecule has 4 nitrogen and oxygen atoms in total. The van der Waals surface area contributed by atoms with E-state index in [1.807, 2.05) is 32.9 Å². The Labute approximate surface area is 102 Å². The van der Waals surface area contributed by atoms with Gasteiger partial charge in [0, 0.05) is 19.5 Å². The van der Waals surface area contributed by atoms with Gasteiger partial charge in [-0.05, 0) is 32.9 Å². The van der Waals surface area contributed by atoms with E-state index in [0.717, 1.165) is 24.5 Å². The fourth-order valence-electron chi connectivity index (χ4n) is 1.58. The van der Waals surface area contributed by atoms with Crippen LogP contribution < -0.4 is 5.32 Å². The molecule has 1 aromatic rings. The molecule has 4 heteroatoms. The normalized spacial score (nSPS) is 11.5. The van der Waals surface area contributed by atoms with Crippen molar-refractivity contribution in [3.8, 4) is 0 Å². The summed E-state index contributed by atoms with van der Waals surface area (Å²) in [6.07, 6.45) is 0.824. The number of methoxy groups -OCH3 is 1. The molecule has 96 valence electrons. The quantitative estimate of drug-likeness (QED) is 0.608. The van der Waals surface area contributed by atoms with E-state index >= 15 is 0 Å². The number of hydrogen-bond donors (Lipinski definition) is 1. The standard InChI is InChI=1S/C13H21NO3/c1-10-5-6-11(17-10)7-8-14-9-13(2,3)12(15)16-4/h5-6,14H,7-9H2,1-4H3. The minimum Gasteiger partial charge on any atom is -0.469 e. The topological polar surface area (TPSA) is 51.5 Å². The number of nitrogens with one attached hydrogen (secondary N) is 1. The van der Waals surface area contributed by atoms with Crippen LogP contribution in [0.2, 0.25) is 0 Å². The summed E-state index contributed by atoms with van der Waals surface area (Å²) in [5.74, 6) is 1.69. The lowest BCUT2D eigenvalue weighted by atomic mass is 9.94. The summed E-state index contributed by atoms with van der Waals surface area (Å²) in [7, 11) is 1.41. The summed E-state index contributed by atoms with van der Waals surface area (Å²) in [5.41, 5.74) is -0.492. The largest absolute Gasteiger partial charge is 0.469 e. The highest BCUT2D eigenvalue weighted by molar-refractivity contribution is 5.76. The number of rotatable bonds is 6. The number of esters is 1. The predicted octanol–water partition coefficient (Wildman–Crippen LogP) is 1.92. The molecule has 0 unspecified atom stereocenters. The minimum absolute atomic E-state index is 0.196. The number of furan rings is 1. The van der Waals surface area contributed by atoms with E-state index in [-0.39, 0.29) is 5.97 Å². The van der Waals surface area contributed by atoms with Crippen LogP contribution in [-0.4, -0.2) is 26.2 Å². The first kappa shape index (κ1) is 13.8. The van der Waals surface area contributed by atoms with Gasteiger partial charge >= 0.3 is 5.97 Å². The zero-order valence-electron chi connectivity index (χ0n) is 11.0. The van der Waals surface area contributed by atoms with Gasteiger partial charge in [0.15, 0.2) is 0 Å². The molecule has 17 heavy (non-hydrogen) atoms. The van der Waals surface area contributed by atoms with Gasteiger partial charge in [0.25, 0.3) is 0 Å². The van der Waals surface area contributed by atoms with E-state index in [2.05, 4.69) is 5.32 Å². The van der Waals surface area contributed by atoms with Crippen LogP contribution in [-0.2, 0) is 16.0 Å². The van der Waals surface area contributed by atoms with Crippen LogP contribution >= 0.6 is 0 Å². The number of hydrogen-bond acceptors (Lipinski definition) is 4. The maximum absolute atomic E-state index is 11.4. The molecular formula is C13H21NO3. The van der Waals surface area contributed by atoms with Crippen molar-refractivity contribution >= 4 is 5.97 Å². The smallest absolute Gasteiger partial charge is 0.312 e. The van der Waals surface area contributed by atoms with Crippen LogP contribution in [0.3, 0.4) is 0 Å². The molecule has 0 atom stereocenters. The van der Waals surface area contributed by atoms with Crippen LogP contribution in [0.15, 0.2) is 16.5 Å². The lowest BCUT2D eigenvalue weighted by Crippen LogP contribution is -2.37. The molecule has 0 aromatic carbocycles. The number of carbonyl (C=O) groups excluding carboxylic acids is 1. The first-order chi connectivity index (χ1) is 7.95. The number of aryl methyl sites for hydroxylation is 1. The van der Waals surface area contributed by atoms with E-state index in [9.17, 15) is 4.79 Å². The summed E-state index contributed by atoms with van der Waals surface area (Å²) < 4.78 is 10.2. The molecule has 0 saturated carbocycles. The Morgan fingerprint density at radius 3 is 2.71 bits per heavy atom. The molecule has 0 aliphatic carbocycles. The van der Waals surface area contributed by atoms with Crippen LogP contribution in [0.4, 0.5) is 0 Å². The molecule has 0 spiro atoms. The Balaban J connectivity index is 2.26. The molecule has 0 radical (unpaired) electrons. The van der Waals surface area contributed by atoms with Crippen molar-refractivity contribution in [2.24, 2.45) is 5.41 Å². The fourth-order valence-corrected chi connectivity index (χ4v) is 1.58. The van der Waals surface area contributed by atoms with Crippen LogP contribution in [0, 0.1) is 12.3 Å². The second-order valence-electron chi connectivity index (χ2n) is 4.81. The Kier molecular flexibility index (Phi) is 4.75. The van der Waals surface area contributed by atoms with Crippen molar-refractivity contribution in [2.45, 2.75) is 27.2 Å². The molecular weight excluding hydrogens is 218 g/mol. The summed E-state index contributed by atoms with van der Waals surface area (Å²) in [5, 5.41) is 3.24. The molecule has 1 rings (SSSR count). The van der Waals surface area contributed by atoms with E-state index in [4.69, 9.17) is 9.15 Å². The van der Waals surface area contributed by atoms with Crippen molar-refractivity contribution in [3.63, 3.8) is 0 Å². The van der Waals surface area contributed by atoms with Crippen LogP contribution in [0.5, 0.6) is 0 Å². The van der Waals surface area contributed by atoms with Crippen molar-refractivity contribution < 1.29 is 13.9 Å². The first-order valence-electron chi connectivity index (χ1n) is 5.80. The molecule has 0 bridgehead atoms. The fraction of sp³-hybridized carbons (Fsp3) is 0.615. The van der Waals surface area contributed by atoms with E-state index in [1.165, 1.54) is 7.11 Å². The van der Waals surface area contributed by atoms with Gasteiger partial charge in [-0.3, -0.25) is 4.79 Å². The highest BCUT2D eigenvalue weighted by Gasteiger charge is 2.27. The number of ether oxygens (including phenoxy) is 1. The molecule has 1 N–H and O–H groups in total. The molecule has 0 amide bonds. The van der Waals surface area contributed by atoms with Crippen LogP contribution in [0.25, 0.3) is 0 Å². The molecule has 0 fully saturated rings. The zero-order chi connectivity index (χ0) is 12.9. The second kappa shape index (κ2) is 5.87. The summed E-state index contributed by atoms with van der Waals surface area (Å²) in [6.45, 7) is 7.04. The van der Waals surface area contributed by atoms with Crippen molar-refractivity contribution in [2.75, 3.05) is 20.2 Å². The van der Waals surface area contributed by atoms with Gasteiger partial charge in [0.05, 0.1) is 12.5 Å². The highest BCUT2D eigenvalue weighted by Crippen LogP contribution is 2.15. The lowest BCUT2D eigenvalue weighted by molar-refractivity contribution is -0.150. The highest BCUT2D eigenvalue weighted by atomic mass is 16.5. The Bertz CT molecular complexity index is 368. The minimum atomic E-state index is -0.492. The molecule has 0 saturated heterocycles. The van der Waals surface area contributed by atoms with Crippen molar-refractivity contribution in [3.05, 3.63) is 23.7 Å². The second-order valence-corrected chi connectivity index (χ2v) is 4.81. The van der Waals surface area contributed by atoms with E-state index in [0.29, 0.717) is 6.54 Å². The van der Waals surface area contributed by atoms with Gasteiger partial charge in [-0.15, -0.1) is 0 Å². The summed E-state index contributed by atoms with van der Waals surface area (Å²) >= 11 is 0. The van der Waals surface area contributed by atoms with Crippen molar-refractivity contribution in [1.82, 2.24) is 5.32 Å². The summed E-state index contributed by atoms with van der Waals surface area (Å²) in [6, 6.07) is 3.93. The molecule has 0 aliphatic heterocycles. The van der Waals surface area contributed by atoms with E-state index in [1.54, 1.807) is 0 Å². The van der Waals surface area contributed by atoms with Gasteiger partial charge in [-0.2, -0.15) is 0 Å². The van der Waals surface area contributed by atoms with Gasteiger partial charge in [-0.1, -0.05) is 0 Å².